The van der Waals surface area contributed by atoms with Crippen molar-refractivity contribution < 1.29 is 184 Å². The molecule has 0 aromatic carbocycles. The minimum Gasteiger partial charge on any atom is -0.200 e. The fourth-order valence-corrected chi connectivity index (χ4v) is 10.3. The van der Waals surface area contributed by atoms with E-state index >= 15 is 52.7 Å². The first kappa shape index (κ1) is 95.1. The fraction of sp³-hybridized carbons (Fsp3) is 1.00. The van der Waals surface area contributed by atoms with E-state index in [0.717, 1.165) is 64.2 Å². The highest BCUT2D eigenvalue weighted by molar-refractivity contribution is 5.20. The number of alkyl halides is 42. The highest BCUT2D eigenvalue weighted by Crippen LogP contribution is 2.69. The summed E-state index contributed by atoms with van der Waals surface area (Å²) in [7, 11) is 0. The van der Waals surface area contributed by atoms with Gasteiger partial charge < -0.3 is 0 Å². The number of hydrogen-bond donors (Lipinski definition) is 0. The fourth-order valence-electron chi connectivity index (χ4n) is 10.3. The molecule has 0 spiro atoms. The second-order valence-electron chi connectivity index (χ2n) is 24.3. The maximum atomic E-state index is 16.0. The molecule has 0 saturated heterocycles. The Hall–Kier alpha value is -2.94. The topological polar surface area (TPSA) is 0 Å². The molecule has 0 nitrogen and oxygen atoms in total. The standard InChI is InChI=1S/C56H72F42/c1-3-5-7-9-11-13-15-17-19-21-23-25-27-29-31-35(33-37(57,58)39(61,62)41(65,66)43(69,70)45(73,74)47(77,78)49(81,82)51(85,86)53(89,90)55(93,94)95)36(32-30-28-26-24-22-20-18-16-14-12-10-8-6-4-2)34-38(59,60)40(63,64)42(67,68)44(71,72)46(75,76)48(79,80)50(83,84)52(87,88)54(91,92)56(96,97)98/h35-36H,3-34H2,1-2H3. The molecule has 0 bridgehead atoms. The lowest BCUT2D eigenvalue weighted by atomic mass is 9.74. The first-order chi connectivity index (χ1) is 43.6. The molecule has 98 heavy (non-hydrogen) atoms. The smallest absolute Gasteiger partial charge is 0.200 e. The Kier molecular flexibility index (Phi) is 32.9. The molecule has 590 valence electrons. The second kappa shape index (κ2) is 33.9. The van der Waals surface area contributed by atoms with Crippen LogP contribution in [-0.2, 0) is 0 Å². The van der Waals surface area contributed by atoms with E-state index in [1.807, 2.05) is 13.8 Å². The van der Waals surface area contributed by atoms with Crippen molar-refractivity contribution in [2.24, 2.45) is 11.8 Å². The molecule has 0 fully saturated rings. The Balaban J connectivity index is 8.23. The van der Waals surface area contributed by atoms with Crippen LogP contribution in [0.25, 0.3) is 0 Å². The summed E-state index contributed by atoms with van der Waals surface area (Å²) in [6.07, 6.45) is -19.4. The van der Waals surface area contributed by atoms with Crippen LogP contribution in [-0.4, -0.2) is 119 Å². The Morgan fingerprint density at radius 1 is 0.153 bits per heavy atom. The van der Waals surface area contributed by atoms with Gasteiger partial charge in [-0.25, -0.2) is 0 Å². The summed E-state index contributed by atoms with van der Waals surface area (Å²) < 4.78 is 605. The van der Waals surface area contributed by atoms with Crippen LogP contribution in [0.3, 0.4) is 0 Å². The minimum absolute atomic E-state index is 0.0253. The average molecular weight is 1540 g/mol. The van der Waals surface area contributed by atoms with Gasteiger partial charge >= 0.3 is 119 Å². The van der Waals surface area contributed by atoms with Crippen molar-refractivity contribution in [1.29, 1.82) is 0 Å². The van der Waals surface area contributed by atoms with E-state index in [-0.39, 0.29) is 38.5 Å². The number of hydrogen-bond acceptors (Lipinski definition) is 0. The van der Waals surface area contributed by atoms with E-state index < -0.39 is 182 Å². The number of rotatable bonds is 51. The third-order valence-corrected chi connectivity index (χ3v) is 16.7. The molecule has 0 heterocycles. The van der Waals surface area contributed by atoms with Crippen LogP contribution in [0.15, 0.2) is 0 Å². The van der Waals surface area contributed by atoms with Crippen molar-refractivity contribution in [3.05, 3.63) is 0 Å². The van der Waals surface area contributed by atoms with Crippen molar-refractivity contribution in [2.45, 2.75) is 338 Å². The zero-order valence-corrected chi connectivity index (χ0v) is 51.7. The van der Waals surface area contributed by atoms with Gasteiger partial charge in [0.2, 0.25) is 0 Å². The van der Waals surface area contributed by atoms with E-state index in [0.29, 0.717) is 51.4 Å². The monoisotopic (exact) mass is 1540 g/mol. The zero-order chi connectivity index (χ0) is 77.8. The van der Waals surface area contributed by atoms with E-state index in [1.165, 1.54) is 0 Å². The highest BCUT2D eigenvalue weighted by Gasteiger charge is 3.00. The Labute approximate surface area is 534 Å². The molecule has 0 rings (SSSR count). The quantitative estimate of drug-likeness (QED) is 0.0421. The SMILES string of the molecule is CCCCCCCCCCCCCCCCC(CC(F)(F)C(F)(F)C(F)(F)C(F)(F)C(F)(F)C(F)(F)C(F)(F)C(F)(F)C(F)(F)C(F)(F)F)C(CCCCCCCCCCCCCCCC)CC(F)(F)C(F)(F)C(F)(F)C(F)(F)C(F)(F)C(F)(F)C(F)(F)C(F)(F)C(F)(F)C(F)(F)F. The van der Waals surface area contributed by atoms with Crippen LogP contribution >= 0.6 is 0 Å². The van der Waals surface area contributed by atoms with Gasteiger partial charge in [-0.2, -0.15) is 184 Å². The maximum Gasteiger partial charge on any atom is 0.460 e. The molecule has 0 aromatic rings. The maximum absolute atomic E-state index is 16.0. The molecular formula is C56H72F42. The van der Waals surface area contributed by atoms with Crippen LogP contribution in [0.4, 0.5) is 184 Å². The molecule has 42 heteroatoms. The molecule has 2 unspecified atom stereocenters. The van der Waals surface area contributed by atoms with Crippen molar-refractivity contribution in [1.82, 2.24) is 0 Å². The Morgan fingerprint density at radius 3 is 0.418 bits per heavy atom. The van der Waals surface area contributed by atoms with Crippen LogP contribution in [0, 0.1) is 11.8 Å². The van der Waals surface area contributed by atoms with E-state index in [2.05, 4.69) is 0 Å². The lowest BCUT2D eigenvalue weighted by Crippen LogP contribution is -2.77. The average Bonchev–Trinajstić information content (AvgIpc) is 0.694. The van der Waals surface area contributed by atoms with Crippen LogP contribution in [0.1, 0.15) is 219 Å². The first-order valence-corrected chi connectivity index (χ1v) is 30.5. The van der Waals surface area contributed by atoms with Gasteiger partial charge in [0.15, 0.2) is 0 Å². The molecule has 0 saturated carbocycles. The molecule has 0 aromatic heterocycles. The van der Waals surface area contributed by atoms with Crippen LogP contribution in [0.2, 0.25) is 0 Å². The lowest BCUT2D eigenvalue weighted by Gasteiger charge is -2.45. The Morgan fingerprint density at radius 2 is 0.276 bits per heavy atom. The van der Waals surface area contributed by atoms with Gasteiger partial charge in [-0.15, -0.1) is 0 Å². The summed E-state index contributed by atoms with van der Waals surface area (Å²) in [4.78, 5) is 0. The van der Waals surface area contributed by atoms with Gasteiger partial charge in [-0.3, -0.25) is 0 Å². The van der Waals surface area contributed by atoms with Gasteiger partial charge in [-0.05, 0) is 24.7 Å². The second-order valence-corrected chi connectivity index (χ2v) is 24.3. The molecule has 0 radical (unpaired) electrons. The molecule has 0 aliphatic carbocycles. The van der Waals surface area contributed by atoms with E-state index in [9.17, 15) is 132 Å². The lowest BCUT2D eigenvalue weighted by molar-refractivity contribution is -0.474. The van der Waals surface area contributed by atoms with Gasteiger partial charge in [0.1, 0.15) is 0 Å². The van der Waals surface area contributed by atoms with E-state index in [4.69, 9.17) is 0 Å². The predicted octanol–water partition coefficient (Wildman–Crippen LogP) is 27.3. The van der Waals surface area contributed by atoms with Crippen LogP contribution in [0.5, 0.6) is 0 Å². The van der Waals surface area contributed by atoms with E-state index in [1.54, 1.807) is 0 Å². The van der Waals surface area contributed by atoms with Crippen molar-refractivity contribution in [3.63, 3.8) is 0 Å². The third-order valence-electron chi connectivity index (χ3n) is 16.7. The van der Waals surface area contributed by atoms with Crippen molar-refractivity contribution in [3.8, 4) is 0 Å². The zero-order valence-electron chi connectivity index (χ0n) is 51.7. The third kappa shape index (κ3) is 18.8. The largest absolute Gasteiger partial charge is 0.460 e. The molecule has 0 amide bonds. The summed E-state index contributed by atoms with van der Waals surface area (Å²) in [5.41, 5.74) is 0. The predicted molar refractivity (Wildman–Crippen MR) is 267 cm³/mol. The van der Waals surface area contributed by atoms with Gasteiger partial charge in [-0.1, -0.05) is 194 Å². The van der Waals surface area contributed by atoms with Crippen molar-refractivity contribution >= 4 is 0 Å². The summed E-state index contributed by atoms with van der Waals surface area (Å²) in [5, 5.41) is 0. The summed E-state index contributed by atoms with van der Waals surface area (Å²) in [5.74, 6) is -173. The molecular weight excluding hydrogens is 1470 g/mol. The molecule has 0 aliphatic heterocycles. The Bertz CT molecular complexity index is 2160. The summed E-state index contributed by atoms with van der Waals surface area (Å²) in [6, 6.07) is 0. The van der Waals surface area contributed by atoms with Crippen molar-refractivity contribution in [2.75, 3.05) is 0 Å². The normalized spacial score (nSPS) is 16.2. The summed E-state index contributed by atoms with van der Waals surface area (Å²) >= 11 is 0. The van der Waals surface area contributed by atoms with Gasteiger partial charge in [0, 0.05) is 12.8 Å². The van der Waals surface area contributed by atoms with Gasteiger partial charge in [0.05, 0.1) is 0 Å². The van der Waals surface area contributed by atoms with Crippen LogP contribution < -0.4 is 0 Å². The highest BCUT2D eigenvalue weighted by atomic mass is 19.5. The molecule has 0 aliphatic rings. The number of halogens is 42. The first-order valence-electron chi connectivity index (χ1n) is 30.5. The molecule has 0 N–H and O–H groups in total. The number of unbranched alkanes of at least 4 members (excludes halogenated alkanes) is 26. The van der Waals surface area contributed by atoms with Gasteiger partial charge in [0.25, 0.3) is 0 Å². The summed E-state index contributed by atoms with van der Waals surface area (Å²) in [6.45, 7) is 3.85. The minimum atomic E-state index is -9.76. The molecule has 2 atom stereocenters.